The van der Waals surface area contributed by atoms with E-state index in [2.05, 4.69) is 31.6 Å². The summed E-state index contributed by atoms with van der Waals surface area (Å²) in [7, 11) is -0.588. The van der Waals surface area contributed by atoms with E-state index in [1.807, 2.05) is 31.2 Å². The Kier molecular flexibility index (Phi) is 6.32. The quantitative estimate of drug-likeness (QED) is 0.381. The SMILES string of the molecule is CCNc1cc(Nc2ccc([P+]3(O)CCN(C4COC4)CC3)cc2OC)nc2[nH]cc(C#N)c12. The minimum absolute atomic E-state index is 0.510. The summed E-state index contributed by atoms with van der Waals surface area (Å²) in [5.41, 5.74) is 2.80. The van der Waals surface area contributed by atoms with Gasteiger partial charge in [0.05, 0.1) is 48.7 Å². The topological polar surface area (TPSA) is 118 Å². The molecule has 2 aromatic heterocycles. The van der Waals surface area contributed by atoms with E-state index in [4.69, 9.17) is 9.47 Å². The lowest BCUT2D eigenvalue weighted by Gasteiger charge is -2.41. The van der Waals surface area contributed by atoms with Crippen LogP contribution < -0.4 is 20.7 Å². The van der Waals surface area contributed by atoms with Crippen molar-refractivity contribution in [3.8, 4) is 11.8 Å². The standard InChI is InChI=1S/C24H30N6O3P/c1-3-26-20-11-22(29-24-23(20)16(12-25)13-27-24)28-19-5-4-18(10-21(19)32-2)34(31)8-6-30(7-9-34)17-14-33-15-17/h4-5,10-11,13,17,31H,3,6-9,14-15H2,1-2H3,(H3,26,27,28,29)/q+1. The molecule has 0 bridgehead atoms. The van der Waals surface area contributed by atoms with Crippen molar-refractivity contribution in [3.63, 3.8) is 0 Å². The number of hydrogen-bond acceptors (Lipinski definition) is 8. The van der Waals surface area contributed by atoms with E-state index >= 15 is 0 Å². The van der Waals surface area contributed by atoms with Gasteiger partial charge in [0.15, 0.2) is 7.49 Å². The van der Waals surface area contributed by atoms with Gasteiger partial charge in [-0.25, -0.2) is 9.88 Å². The molecule has 1 aromatic carbocycles. The molecule has 4 N–H and O–H groups in total. The maximum atomic E-state index is 11.5. The number of aromatic nitrogens is 2. The summed E-state index contributed by atoms with van der Waals surface area (Å²) >= 11 is 0. The first-order valence-electron chi connectivity index (χ1n) is 11.6. The van der Waals surface area contributed by atoms with E-state index in [0.29, 0.717) is 28.8 Å². The minimum atomic E-state index is -2.22. The van der Waals surface area contributed by atoms with E-state index in [-0.39, 0.29) is 0 Å². The average molecular weight is 482 g/mol. The highest BCUT2D eigenvalue weighted by Gasteiger charge is 2.44. The van der Waals surface area contributed by atoms with Gasteiger partial charge in [0.25, 0.3) is 0 Å². The first-order valence-corrected chi connectivity index (χ1v) is 13.7. The number of anilines is 3. The molecule has 9 nitrogen and oxygen atoms in total. The molecule has 4 heterocycles. The molecule has 34 heavy (non-hydrogen) atoms. The number of nitrogens with one attached hydrogen (secondary N) is 3. The van der Waals surface area contributed by atoms with Gasteiger partial charge in [-0.3, -0.25) is 4.90 Å². The summed E-state index contributed by atoms with van der Waals surface area (Å²) < 4.78 is 11.0. The maximum absolute atomic E-state index is 11.5. The summed E-state index contributed by atoms with van der Waals surface area (Å²) in [5.74, 6) is 1.29. The number of ether oxygens (including phenoxy) is 2. The molecule has 2 fully saturated rings. The molecule has 2 aliphatic rings. The van der Waals surface area contributed by atoms with Crippen molar-refractivity contribution < 1.29 is 14.4 Å². The zero-order valence-electron chi connectivity index (χ0n) is 19.5. The molecule has 0 aliphatic carbocycles. The Balaban J connectivity index is 1.39. The molecule has 2 aliphatic heterocycles. The summed E-state index contributed by atoms with van der Waals surface area (Å²) in [6.07, 6.45) is 3.25. The average Bonchev–Trinajstić information content (AvgIpc) is 3.23. The van der Waals surface area contributed by atoms with Crippen molar-refractivity contribution >= 4 is 41.0 Å². The van der Waals surface area contributed by atoms with E-state index in [1.54, 1.807) is 13.3 Å². The number of nitriles is 1. The second-order valence-corrected chi connectivity index (χ2v) is 12.0. The van der Waals surface area contributed by atoms with Crippen molar-refractivity contribution in [2.24, 2.45) is 0 Å². The maximum Gasteiger partial charge on any atom is 0.176 e. The minimum Gasteiger partial charge on any atom is -0.494 e. The highest BCUT2D eigenvalue weighted by molar-refractivity contribution is 7.77. The van der Waals surface area contributed by atoms with Crippen LogP contribution in [0.4, 0.5) is 17.2 Å². The predicted molar refractivity (Wildman–Crippen MR) is 136 cm³/mol. The predicted octanol–water partition coefficient (Wildman–Crippen LogP) is 2.88. The Morgan fingerprint density at radius 2 is 2.09 bits per heavy atom. The van der Waals surface area contributed by atoms with Crippen LogP contribution in [0.3, 0.4) is 0 Å². The summed E-state index contributed by atoms with van der Waals surface area (Å²) in [5, 5.41) is 17.8. The van der Waals surface area contributed by atoms with Crippen LogP contribution in [0.15, 0.2) is 30.5 Å². The number of H-pyrrole nitrogens is 1. The van der Waals surface area contributed by atoms with Gasteiger partial charge in [-0.2, -0.15) is 5.26 Å². The van der Waals surface area contributed by atoms with Crippen LogP contribution in [-0.2, 0) is 4.74 Å². The molecule has 3 aromatic rings. The van der Waals surface area contributed by atoms with Gasteiger partial charge in [-0.1, -0.05) is 0 Å². The van der Waals surface area contributed by atoms with Crippen LogP contribution >= 0.6 is 7.49 Å². The number of benzene rings is 1. The van der Waals surface area contributed by atoms with Crippen LogP contribution in [0.2, 0.25) is 0 Å². The molecule has 0 atom stereocenters. The fraction of sp³-hybridized carbons (Fsp3) is 0.417. The Morgan fingerprint density at radius 1 is 1.29 bits per heavy atom. The highest BCUT2D eigenvalue weighted by atomic mass is 31.2. The van der Waals surface area contributed by atoms with Gasteiger partial charge < -0.3 is 25.1 Å². The Bertz CT molecular complexity index is 1230. The molecule has 0 unspecified atom stereocenters. The lowest BCUT2D eigenvalue weighted by molar-refractivity contribution is -0.0622. The molecule has 178 valence electrons. The Labute approximate surface area is 199 Å². The number of rotatable bonds is 7. The normalized spacial score (nSPS) is 18.3. The molecular formula is C24H30N6O3P+. The smallest absolute Gasteiger partial charge is 0.176 e. The molecular weight excluding hydrogens is 451 g/mol. The van der Waals surface area contributed by atoms with Crippen LogP contribution in [0, 0.1) is 11.3 Å². The zero-order chi connectivity index (χ0) is 23.7. The molecule has 10 heteroatoms. The fourth-order valence-corrected chi connectivity index (χ4v) is 7.29. The lowest BCUT2D eigenvalue weighted by atomic mass is 10.2. The zero-order valence-corrected chi connectivity index (χ0v) is 20.4. The van der Waals surface area contributed by atoms with Crippen molar-refractivity contribution in [3.05, 3.63) is 36.0 Å². The first kappa shape index (κ1) is 22.9. The van der Waals surface area contributed by atoms with E-state index in [1.165, 1.54) is 0 Å². The fourth-order valence-electron chi connectivity index (χ4n) is 4.67. The number of nitrogens with zero attached hydrogens (tertiary/aromatic N) is 3. The Morgan fingerprint density at radius 3 is 2.74 bits per heavy atom. The second-order valence-electron chi connectivity index (χ2n) is 8.73. The summed E-state index contributed by atoms with van der Waals surface area (Å²) in [4.78, 5) is 21.7. The van der Waals surface area contributed by atoms with Crippen LogP contribution in [0.25, 0.3) is 11.0 Å². The third-order valence-corrected chi connectivity index (χ3v) is 9.83. The van der Waals surface area contributed by atoms with E-state index in [0.717, 1.165) is 67.2 Å². The molecule has 2 saturated heterocycles. The van der Waals surface area contributed by atoms with Crippen molar-refractivity contribution in [2.45, 2.75) is 13.0 Å². The second kappa shape index (κ2) is 9.40. The number of hydrogen-bond donors (Lipinski definition) is 4. The van der Waals surface area contributed by atoms with Crippen molar-refractivity contribution in [1.29, 1.82) is 5.26 Å². The van der Waals surface area contributed by atoms with Gasteiger partial charge in [0.2, 0.25) is 0 Å². The summed E-state index contributed by atoms with van der Waals surface area (Å²) in [6.45, 7) is 6.15. The van der Waals surface area contributed by atoms with Crippen molar-refractivity contribution in [2.75, 3.05) is 62.9 Å². The van der Waals surface area contributed by atoms with Gasteiger partial charge in [0.1, 0.15) is 40.9 Å². The van der Waals surface area contributed by atoms with Gasteiger partial charge in [-0.05, 0) is 19.1 Å². The third kappa shape index (κ3) is 4.19. The first-order chi connectivity index (χ1) is 16.5. The lowest BCUT2D eigenvalue weighted by Crippen LogP contribution is -2.53. The van der Waals surface area contributed by atoms with Gasteiger partial charge in [0, 0.05) is 38.0 Å². The Hall–Kier alpha value is -2.89. The van der Waals surface area contributed by atoms with Crippen molar-refractivity contribution in [1.82, 2.24) is 14.9 Å². The number of methoxy groups -OCH3 is 1. The van der Waals surface area contributed by atoms with Crippen LogP contribution in [0.1, 0.15) is 12.5 Å². The van der Waals surface area contributed by atoms with Gasteiger partial charge in [-0.15, -0.1) is 0 Å². The molecule has 0 radical (unpaired) electrons. The number of pyridine rings is 1. The van der Waals surface area contributed by atoms with Crippen LogP contribution in [-0.4, -0.2) is 78.1 Å². The van der Waals surface area contributed by atoms with Crippen LogP contribution in [0.5, 0.6) is 5.75 Å². The van der Waals surface area contributed by atoms with Gasteiger partial charge >= 0.3 is 0 Å². The largest absolute Gasteiger partial charge is 0.494 e. The number of fused-ring (bicyclic) bond motifs is 1. The molecule has 5 rings (SSSR count). The number of aromatic amines is 1. The molecule has 0 amide bonds. The summed E-state index contributed by atoms with van der Waals surface area (Å²) in [6, 6.07) is 10.5. The monoisotopic (exact) mass is 481 g/mol. The third-order valence-electron chi connectivity index (χ3n) is 6.71. The molecule has 0 saturated carbocycles. The highest BCUT2D eigenvalue weighted by Crippen LogP contribution is 2.55. The van der Waals surface area contributed by atoms with E-state index in [9.17, 15) is 10.2 Å². The molecule has 0 spiro atoms. The van der Waals surface area contributed by atoms with E-state index < -0.39 is 7.49 Å².